The summed E-state index contributed by atoms with van der Waals surface area (Å²) in [6.45, 7) is 4.85. The number of rotatable bonds is 1. The van der Waals surface area contributed by atoms with Gasteiger partial charge in [-0.25, -0.2) is 0 Å². The van der Waals surface area contributed by atoms with E-state index in [-0.39, 0.29) is 0 Å². The van der Waals surface area contributed by atoms with Gasteiger partial charge in [0.05, 0.1) is 0 Å². The van der Waals surface area contributed by atoms with Gasteiger partial charge < -0.3 is 5.32 Å². The largest absolute Gasteiger partial charge is 0.317 e. The Balaban J connectivity index is 2.16. The van der Waals surface area contributed by atoms with E-state index in [1.165, 1.54) is 83.7 Å². The fourth-order valence-corrected chi connectivity index (χ4v) is 2.73. The molecule has 1 unspecified atom stereocenters. The van der Waals surface area contributed by atoms with Gasteiger partial charge in [0.15, 0.2) is 0 Å². The molecule has 0 spiro atoms. The molecule has 0 aromatic heterocycles. The van der Waals surface area contributed by atoms with Crippen molar-refractivity contribution in [2.75, 3.05) is 13.1 Å². The molecule has 1 rings (SSSR count). The second-order valence-electron chi connectivity index (χ2n) is 5.43. The van der Waals surface area contributed by atoms with Gasteiger partial charge in [0.2, 0.25) is 0 Å². The quantitative estimate of drug-likeness (QED) is 0.692. The monoisotopic (exact) mass is 225 g/mol. The van der Waals surface area contributed by atoms with Crippen molar-refractivity contribution in [3.05, 3.63) is 0 Å². The highest BCUT2D eigenvalue weighted by atomic mass is 14.8. The van der Waals surface area contributed by atoms with Crippen molar-refractivity contribution < 1.29 is 0 Å². The van der Waals surface area contributed by atoms with Crippen molar-refractivity contribution in [3.63, 3.8) is 0 Å². The van der Waals surface area contributed by atoms with E-state index in [1.807, 2.05) is 0 Å². The molecular formula is C15H31N. The smallest absolute Gasteiger partial charge is 0.00463 e. The maximum atomic E-state index is 3.60. The van der Waals surface area contributed by atoms with Crippen LogP contribution in [-0.2, 0) is 0 Å². The van der Waals surface area contributed by atoms with Gasteiger partial charge in [0.1, 0.15) is 0 Å². The first kappa shape index (κ1) is 14.0. The lowest BCUT2D eigenvalue weighted by Gasteiger charge is -2.15. The van der Waals surface area contributed by atoms with Crippen LogP contribution in [0.2, 0.25) is 0 Å². The first-order valence-corrected chi connectivity index (χ1v) is 7.64. The lowest BCUT2D eigenvalue weighted by molar-refractivity contribution is 0.396. The molecule has 16 heavy (non-hydrogen) atoms. The SMILES string of the molecule is CCC1CCCCCCCCCCNCC1. The summed E-state index contributed by atoms with van der Waals surface area (Å²) < 4.78 is 0. The molecule has 1 fully saturated rings. The van der Waals surface area contributed by atoms with E-state index in [4.69, 9.17) is 0 Å². The topological polar surface area (TPSA) is 12.0 Å². The summed E-state index contributed by atoms with van der Waals surface area (Å²) in [5, 5.41) is 3.60. The van der Waals surface area contributed by atoms with Gasteiger partial charge in [0.25, 0.3) is 0 Å². The molecule has 1 heterocycles. The molecule has 0 aliphatic carbocycles. The Labute approximate surface area is 102 Å². The van der Waals surface area contributed by atoms with E-state index in [0.717, 1.165) is 5.92 Å². The molecule has 1 aliphatic heterocycles. The summed E-state index contributed by atoms with van der Waals surface area (Å²) in [5.74, 6) is 0.982. The van der Waals surface area contributed by atoms with E-state index >= 15 is 0 Å². The summed E-state index contributed by atoms with van der Waals surface area (Å²) in [6.07, 6.45) is 15.9. The Morgan fingerprint density at radius 2 is 1.38 bits per heavy atom. The van der Waals surface area contributed by atoms with Gasteiger partial charge >= 0.3 is 0 Å². The standard InChI is InChI=1S/C15H31N/c1-2-15-11-9-7-5-3-4-6-8-10-13-16-14-12-15/h15-16H,2-14H2,1H3. The number of hydrogen-bond acceptors (Lipinski definition) is 1. The van der Waals surface area contributed by atoms with Crippen LogP contribution in [-0.4, -0.2) is 13.1 Å². The second kappa shape index (κ2) is 10.1. The van der Waals surface area contributed by atoms with Crippen LogP contribution in [0.1, 0.15) is 77.6 Å². The third-order valence-corrected chi connectivity index (χ3v) is 4.02. The van der Waals surface area contributed by atoms with E-state index in [1.54, 1.807) is 0 Å². The highest BCUT2D eigenvalue weighted by Crippen LogP contribution is 2.18. The van der Waals surface area contributed by atoms with Crippen LogP contribution in [0.4, 0.5) is 0 Å². The minimum absolute atomic E-state index is 0.982. The van der Waals surface area contributed by atoms with Crippen molar-refractivity contribution >= 4 is 0 Å². The normalized spacial score (nSPS) is 27.2. The second-order valence-corrected chi connectivity index (χ2v) is 5.43. The zero-order valence-corrected chi connectivity index (χ0v) is 11.3. The highest BCUT2D eigenvalue weighted by molar-refractivity contribution is 4.61. The molecule has 0 aromatic carbocycles. The predicted molar refractivity (Wildman–Crippen MR) is 72.8 cm³/mol. The molecule has 1 atom stereocenters. The zero-order chi connectivity index (χ0) is 11.5. The Kier molecular flexibility index (Phi) is 8.88. The highest BCUT2D eigenvalue weighted by Gasteiger charge is 2.05. The minimum Gasteiger partial charge on any atom is -0.317 e. The fourth-order valence-electron chi connectivity index (χ4n) is 2.73. The Morgan fingerprint density at radius 1 is 0.750 bits per heavy atom. The molecule has 1 saturated heterocycles. The van der Waals surface area contributed by atoms with Crippen molar-refractivity contribution in [3.8, 4) is 0 Å². The lowest BCUT2D eigenvalue weighted by atomic mass is 9.94. The van der Waals surface area contributed by atoms with Gasteiger partial charge in [-0.2, -0.15) is 0 Å². The Morgan fingerprint density at radius 3 is 2.06 bits per heavy atom. The molecule has 0 amide bonds. The first-order chi connectivity index (χ1) is 7.93. The summed E-state index contributed by atoms with van der Waals surface area (Å²) in [7, 11) is 0. The Bertz CT molecular complexity index is 130. The average molecular weight is 225 g/mol. The van der Waals surface area contributed by atoms with Crippen molar-refractivity contribution in [1.82, 2.24) is 5.32 Å². The van der Waals surface area contributed by atoms with E-state index in [2.05, 4.69) is 12.2 Å². The molecule has 0 saturated carbocycles. The maximum absolute atomic E-state index is 3.60. The molecule has 1 heteroatoms. The van der Waals surface area contributed by atoms with Gasteiger partial charge in [-0.3, -0.25) is 0 Å². The molecular weight excluding hydrogens is 194 g/mol. The molecule has 1 aliphatic rings. The third-order valence-electron chi connectivity index (χ3n) is 4.02. The van der Waals surface area contributed by atoms with Crippen LogP contribution < -0.4 is 5.32 Å². The fraction of sp³-hybridized carbons (Fsp3) is 1.00. The number of nitrogens with one attached hydrogen (secondary N) is 1. The van der Waals surface area contributed by atoms with Crippen molar-refractivity contribution in [2.45, 2.75) is 77.6 Å². The van der Waals surface area contributed by atoms with Crippen LogP contribution in [0.3, 0.4) is 0 Å². The number of hydrogen-bond donors (Lipinski definition) is 1. The minimum atomic E-state index is 0.982. The average Bonchev–Trinajstić information content (AvgIpc) is 2.32. The summed E-state index contributed by atoms with van der Waals surface area (Å²) in [6, 6.07) is 0. The van der Waals surface area contributed by atoms with Gasteiger partial charge in [-0.05, 0) is 31.8 Å². The van der Waals surface area contributed by atoms with E-state index in [0.29, 0.717) is 0 Å². The third kappa shape index (κ3) is 7.27. The molecule has 1 nitrogen and oxygen atoms in total. The zero-order valence-electron chi connectivity index (χ0n) is 11.3. The summed E-state index contributed by atoms with van der Waals surface area (Å²) >= 11 is 0. The summed E-state index contributed by atoms with van der Waals surface area (Å²) in [5.41, 5.74) is 0. The molecule has 0 bridgehead atoms. The van der Waals surface area contributed by atoms with Crippen LogP contribution in [0.5, 0.6) is 0 Å². The van der Waals surface area contributed by atoms with Crippen molar-refractivity contribution in [2.24, 2.45) is 5.92 Å². The predicted octanol–water partition coefficient (Wildman–Crippen LogP) is 4.52. The van der Waals surface area contributed by atoms with Crippen LogP contribution in [0.15, 0.2) is 0 Å². The van der Waals surface area contributed by atoms with Crippen LogP contribution >= 0.6 is 0 Å². The van der Waals surface area contributed by atoms with Gasteiger partial charge in [-0.15, -0.1) is 0 Å². The molecule has 1 N–H and O–H groups in total. The molecule has 0 radical (unpaired) electrons. The molecule has 0 aromatic rings. The van der Waals surface area contributed by atoms with E-state index in [9.17, 15) is 0 Å². The van der Waals surface area contributed by atoms with Crippen LogP contribution in [0, 0.1) is 5.92 Å². The Hall–Kier alpha value is -0.0400. The lowest BCUT2D eigenvalue weighted by Crippen LogP contribution is -2.19. The van der Waals surface area contributed by atoms with Gasteiger partial charge in [0, 0.05) is 0 Å². The maximum Gasteiger partial charge on any atom is -0.00463 e. The van der Waals surface area contributed by atoms with Crippen LogP contribution in [0.25, 0.3) is 0 Å². The van der Waals surface area contributed by atoms with Gasteiger partial charge in [-0.1, -0.05) is 64.7 Å². The molecule has 96 valence electrons. The first-order valence-electron chi connectivity index (χ1n) is 7.64. The van der Waals surface area contributed by atoms with Crippen molar-refractivity contribution in [1.29, 1.82) is 0 Å². The van der Waals surface area contributed by atoms with E-state index < -0.39 is 0 Å². The summed E-state index contributed by atoms with van der Waals surface area (Å²) in [4.78, 5) is 0.